The van der Waals surface area contributed by atoms with Crippen LogP contribution in [0.3, 0.4) is 0 Å². The maximum absolute atomic E-state index is 12.8. The molecule has 2 aromatic carbocycles. The Balaban J connectivity index is 1.37. The van der Waals surface area contributed by atoms with Crippen molar-refractivity contribution in [3.8, 4) is 5.75 Å². The molecule has 2 aromatic rings. The zero-order valence-electron chi connectivity index (χ0n) is 18.0. The van der Waals surface area contributed by atoms with Gasteiger partial charge in [0.15, 0.2) is 6.10 Å². The van der Waals surface area contributed by atoms with Crippen LogP contribution in [-0.4, -0.2) is 37.2 Å². The van der Waals surface area contributed by atoms with Crippen molar-refractivity contribution in [2.45, 2.75) is 57.7 Å². The van der Waals surface area contributed by atoms with Gasteiger partial charge in [-0.05, 0) is 80.8 Å². The van der Waals surface area contributed by atoms with Crippen molar-refractivity contribution in [3.63, 3.8) is 0 Å². The number of fused-ring (bicyclic) bond motifs is 1. The lowest BCUT2D eigenvalue weighted by Crippen LogP contribution is -2.34. The van der Waals surface area contributed by atoms with Crippen molar-refractivity contribution in [1.82, 2.24) is 5.32 Å². The van der Waals surface area contributed by atoms with E-state index in [0.717, 1.165) is 32.3 Å². The second-order valence-corrected chi connectivity index (χ2v) is 8.28. The van der Waals surface area contributed by atoms with Crippen LogP contribution in [0.2, 0.25) is 0 Å². The van der Waals surface area contributed by atoms with Crippen LogP contribution in [-0.2, 0) is 22.4 Å². The zero-order chi connectivity index (χ0) is 21.6. The second-order valence-electron chi connectivity index (χ2n) is 8.28. The summed E-state index contributed by atoms with van der Waals surface area (Å²) in [4.78, 5) is 25.4. The summed E-state index contributed by atoms with van der Waals surface area (Å²) in [7, 11) is 0. The monoisotopic (exact) mass is 422 g/mol. The molecule has 0 bridgehead atoms. The summed E-state index contributed by atoms with van der Waals surface area (Å²) in [6, 6.07) is 13.1. The largest absolute Gasteiger partial charge is 0.481 e. The number of rotatable bonds is 7. The number of amides is 2. The number of carbonyl (C=O) groups is 2. The number of ether oxygens (including phenoxy) is 2. The third-order valence-electron chi connectivity index (χ3n) is 5.95. The van der Waals surface area contributed by atoms with Gasteiger partial charge in [-0.3, -0.25) is 9.59 Å². The Hall–Kier alpha value is -2.86. The molecule has 1 fully saturated rings. The first-order valence-electron chi connectivity index (χ1n) is 11.2. The molecule has 2 N–H and O–H groups in total. The first-order chi connectivity index (χ1) is 15.1. The Morgan fingerprint density at radius 3 is 2.71 bits per heavy atom. The normalized spacial score (nSPS) is 18.7. The van der Waals surface area contributed by atoms with Crippen molar-refractivity contribution >= 4 is 17.5 Å². The molecule has 0 saturated carbocycles. The molecule has 1 aliphatic carbocycles. The second kappa shape index (κ2) is 9.96. The minimum Gasteiger partial charge on any atom is -0.481 e. The number of anilines is 1. The topological polar surface area (TPSA) is 76.7 Å². The molecule has 2 atom stereocenters. The van der Waals surface area contributed by atoms with Gasteiger partial charge in [0.2, 0.25) is 0 Å². The summed E-state index contributed by atoms with van der Waals surface area (Å²) < 4.78 is 11.5. The van der Waals surface area contributed by atoms with Crippen molar-refractivity contribution < 1.29 is 19.1 Å². The molecule has 1 aliphatic heterocycles. The average Bonchev–Trinajstić information content (AvgIpc) is 3.31. The van der Waals surface area contributed by atoms with E-state index in [1.54, 1.807) is 31.2 Å². The fourth-order valence-electron chi connectivity index (χ4n) is 4.17. The van der Waals surface area contributed by atoms with Gasteiger partial charge >= 0.3 is 0 Å². The van der Waals surface area contributed by atoms with Crippen LogP contribution in [0.25, 0.3) is 0 Å². The highest BCUT2D eigenvalue weighted by molar-refractivity contribution is 6.04. The summed E-state index contributed by atoms with van der Waals surface area (Å²) in [5.41, 5.74) is 3.58. The molecule has 6 heteroatoms. The van der Waals surface area contributed by atoms with E-state index in [0.29, 0.717) is 23.5 Å². The minimum absolute atomic E-state index is 0.0655. The van der Waals surface area contributed by atoms with Crippen molar-refractivity contribution in [3.05, 3.63) is 59.2 Å². The zero-order valence-corrected chi connectivity index (χ0v) is 18.0. The standard InChI is InChI=1S/C25H30N2O4/c1-17(31-20-13-12-18-7-2-3-8-19(18)15-20)24(28)27-23-11-5-4-10-22(23)25(29)26-16-21-9-6-14-30-21/h4-5,10-13,15,17,21H,2-3,6-9,14,16H2,1H3,(H,26,29)(H,27,28)/t17-,21+/m0/s1. The molecule has 6 nitrogen and oxygen atoms in total. The number of aryl methyl sites for hydroxylation is 2. The van der Waals surface area contributed by atoms with Crippen LogP contribution < -0.4 is 15.4 Å². The number of carbonyl (C=O) groups excluding carboxylic acids is 2. The highest BCUT2D eigenvalue weighted by atomic mass is 16.5. The van der Waals surface area contributed by atoms with Crippen molar-refractivity contribution in [2.75, 3.05) is 18.5 Å². The van der Waals surface area contributed by atoms with Crippen LogP contribution in [0, 0.1) is 0 Å². The number of nitrogens with one attached hydrogen (secondary N) is 2. The van der Waals surface area contributed by atoms with Gasteiger partial charge in [0.1, 0.15) is 5.75 Å². The molecule has 0 spiro atoms. The van der Waals surface area contributed by atoms with Gasteiger partial charge in [0.05, 0.1) is 17.4 Å². The summed E-state index contributed by atoms with van der Waals surface area (Å²) in [6.07, 6.45) is 5.94. The highest BCUT2D eigenvalue weighted by Crippen LogP contribution is 2.26. The fourth-order valence-corrected chi connectivity index (χ4v) is 4.17. The fraction of sp³-hybridized carbons (Fsp3) is 0.440. The lowest BCUT2D eigenvalue weighted by atomic mass is 9.92. The molecule has 2 amide bonds. The quantitative estimate of drug-likeness (QED) is 0.710. The molecular weight excluding hydrogens is 392 g/mol. The molecule has 0 radical (unpaired) electrons. The summed E-state index contributed by atoms with van der Waals surface area (Å²) in [5, 5.41) is 5.75. The molecule has 164 valence electrons. The van der Waals surface area contributed by atoms with E-state index in [1.807, 2.05) is 12.1 Å². The minimum atomic E-state index is -0.690. The van der Waals surface area contributed by atoms with Crippen LogP contribution in [0.4, 0.5) is 5.69 Å². The Bertz CT molecular complexity index is 937. The van der Waals surface area contributed by atoms with E-state index in [1.165, 1.54) is 24.0 Å². The smallest absolute Gasteiger partial charge is 0.265 e. The van der Waals surface area contributed by atoms with Gasteiger partial charge in [-0.2, -0.15) is 0 Å². The van der Waals surface area contributed by atoms with E-state index in [9.17, 15) is 9.59 Å². The summed E-state index contributed by atoms with van der Waals surface area (Å²) in [6.45, 7) is 2.93. The van der Waals surface area contributed by atoms with Gasteiger partial charge in [0.25, 0.3) is 11.8 Å². The van der Waals surface area contributed by atoms with Gasteiger partial charge in [0, 0.05) is 13.2 Å². The number of hydrogen-bond acceptors (Lipinski definition) is 4. The SMILES string of the molecule is C[C@H](Oc1ccc2c(c1)CCCC2)C(=O)Nc1ccccc1C(=O)NC[C@H]1CCCO1. The third kappa shape index (κ3) is 5.44. The lowest BCUT2D eigenvalue weighted by molar-refractivity contribution is -0.122. The first kappa shape index (κ1) is 21.4. The predicted molar refractivity (Wildman–Crippen MR) is 120 cm³/mol. The first-order valence-corrected chi connectivity index (χ1v) is 11.2. The third-order valence-corrected chi connectivity index (χ3v) is 5.95. The molecular formula is C25H30N2O4. The van der Waals surface area contributed by atoms with Crippen LogP contribution in [0.5, 0.6) is 5.75 Å². The average molecular weight is 423 g/mol. The van der Waals surface area contributed by atoms with Crippen molar-refractivity contribution in [1.29, 1.82) is 0 Å². The maximum Gasteiger partial charge on any atom is 0.265 e. The molecule has 2 aliphatic rings. The molecule has 1 saturated heterocycles. The summed E-state index contributed by atoms with van der Waals surface area (Å²) >= 11 is 0. The molecule has 31 heavy (non-hydrogen) atoms. The van der Waals surface area contributed by atoms with E-state index >= 15 is 0 Å². The van der Waals surface area contributed by atoms with E-state index in [-0.39, 0.29) is 17.9 Å². The number of benzene rings is 2. The molecule has 1 heterocycles. The highest BCUT2D eigenvalue weighted by Gasteiger charge is 2.21. The predicted octanol–water partition coefficient (Wildman–Crippen LogP) is 3.88. The maximum atomic E-state index is 12.8. The lowest BCUT2D eigenvalue weighted by Gasteiger charge is -2.19. The van der Waals surface area contributed by atoms with Crippen LogP contribution >= 0.6 is 0 Å². The summed E-state index contributed by atoms with van der Waals surface area (Å²) in [5.74, 6) is 0.178. The van der Waals surface area contributed by atoms with Gasteiger partial charge in [-0.25, -0.2) is 0 Å². The van der Waals surface area contributed by atoms with Crippen molar-refractivity contribution in [2.24, 2.45) is 0 Å². The van der Waals surface area contributed by atoms with E-state index in [4.69, 9.17) is 9.47 Å². The Morgan fingerprint density at radius 2 is 1.90 bits per heavy atom. The molecule has 4 rings (SSSR count). The molecule has 0 unspecified atom stereocenters. The molecule has 0 aromatic heterocycles. The number of para-hydroxylation sites is 1. The van der Waals surface area contributed by atoms with Crippen LogP contribution in [0.1, 0.15) is 54.1 Å². The Kier molecular flexibility index (Phi) is 6.87. The van der Waals surface area contributed by atoms with Gasteiger partial charge in [-0.15, -0.1) is 0 Å². The van der Waals surface area contributed by atoms with E-state index < -0.39 is 6.10 Å². The van der Waals surface area contributed by atoms with Gasteiger partial charge < -0.3 is 20.1 Å². The Morgan fingerprint density at radius 1 is 1.10 bits per heavy atom. The van der Waals surface area contributed by atoms with Gasteiger partial charge in [-0.1, -0.05) is 18.2 Å². The van der Waals surface area contributed by atoms with Crippen LogP contribution in [0.15, 0.2) is 42.5 Å². The number of hydrogen-bond donors (Lipinski definition) is 2. The Labute approximate surface area is 183 Å². The van der Waals surface area contributed by atoms with E-state index in [2.05, 4.69) is 16.7 Å².